The van der Waals surface area contributed by atoms with Gasteiger partial charge >= 0.3 is 0 Å². The lowest BCUT2D eigenvalue weighted by Crippen LogP contribution is -2.34. The molecule has 1 aromatic heterocycles. The Labute approximate surface area is 128 Å². The van der Waals surface area contributed by atoms with Crippen LogP contribution in [0.2, 0.25) is 0 Å². The van der Waals surface area contributed by atoms with Crippen molar-refractivity contribution in [1.82, 2.24) is 15.3 Å². The second-order valence-electron chi connectivity index (χ2n) is 5.21. The van der Waals surface area contributed by atoms with E-state index in [0.29, 0.717) is 11.7 Å². The van der Waals surface area contributed by atoms with Gasteiger partial charge in [0.05, 0.1) is 0 Å². The summed E-state index contributed by atoms with van der Waals surface area (Å²) in [6.07, 6.45) is 1.92. The molecule has 1 aliphatic heterocycles. The Balaban J connectivity index is 1.91. The molecule has 1 fully saturated rings. The minimum Gasteiger partial charge on any atom is -0.474 e. The first kappa shape index (κ1) is 14.5. The summed E-state index contributed by atoms with van der Waals surface area (Å²) < 4.78 is 5.91. The number of hydrogen-bond donors (Lipinski definition) is 2. The van der Waals surface area contributed by atoms with Gasteiger partial charge in [0.2, 0.25) is 5.88 Å². The lowest BCUT2D eigenvalue weighted by atomic mass is 10.1. The minimum atomic E-state index is -0.588. The van der Waals surface area contributed by atoms with E-state index in [0.717, 1.165) is 31.5 Å². The average Bonchev–Trinajstić information content (AvgIpc) is 2.56. The monoisotopic (exact) mass is 298 g/mol. The maximum Gasteiger partial charge on any atom is 0.267 e. The van der Waals surface area contributed by atoms with Gasteiger partial charge in [0.1, 0.15) is 11.8 Å². The van der Waals surface area contributed by atoms with Crippen molar-refractivity contribution in [3.63, 3.8) is 0 Å². The van der Waals surface area contributed by atoms with Crippen molar-refractivity contribution in [3.05, 3.63) is 42.1 Å². The molecule has 1 aliphatic rings. The van der Waals surface area contributed by atoms with Crippen LogP contribution in [-0.4, -0.2) is 35.1 Å². The summed E-state index contributed by atoms with van der Waals surface area (Å²) in [5, 5.41) is 3.28. The van der Waals surface area contributed by atoms with Crippen LogP contribution < -0.4 is 15.8 Å². The number of nitrogens with one attached hydrogen (secondary N) is 1. The van der Waals surface area contributed by atoms with E-state index in [-0.39, 0.29) is 11.8 Å². The third-order valence-corrected chi connectivity index (χ3v) is 3.56. The van der Waals surface area contributed by atoms with Gasteiger partial charge in [-0.3, -0.25) is 4.79 Å². The normalized spacial score (nSPS) is 15.5. The van der Waals surface area contributed by atoms with E-state index in [9.17, 15) is 4.79 Å². The zero-order chi connectivity index (χ0) is 15.4. The molecule has 0 unspecified atom stereocenters. The number of amides is 1. The molecule has 22 heavy (non-hydrogen) atoms. The number of ether oxygens (including phenoxy) is 1. The zero-order valence-electron chi connectivity index (χ0n) is 12.2. The van der Waals surface area contributed by atoms with E-state index in [2.05, 4.69) is 15.3 Å². The molecule has 6 nitrogen and oxygen atoms in total. The molecular formula is C16H18N4O2. The summed E-state index contributed by atoms with van der Waals surface area (Å²) in [6.45, 7) is 1.84. The van der Waals surface area contributed by atoms with Crippen molar-refractivity contribution in [2.24, 2.45) is 5.73 Å². The van der Waals surface area contributed by atoms with Crippen LogP contribution in [0.5, 0.6) is 5.88 Å². The van der Waals surface area contributed by atoms with Gasteiger partial charge in [-0.2, -0.15) is 4.98 Å². The molecule has 1 aromatic carbocycles. The first-order valence-corrected chi connectivity index (χ1v) is 7.34. The lowest BCUT2D eigenvalue weighted by molar-refractivity contribution is 0.0993. The highest BCUT2D eigenvalue weighted by molar-refractivity contribution is 5.91. The number of benzene rings is 1. The molecular weight excluding hydrogens is 280 g/mol. The Morgan fingerprint density at radius 1 is 1.18 bits per heavy atom. The van der Waals surface area contributed by atoms with Crippen LogP contribution >= 0.6 is 0 Å². The Bertz CT molecular complexity index is 654. The van der Waals surface area contributed by atoms with Gasteiger partial charge < -0.3 is 15.8 Å². The van der Waals surface area contributed by atoms with Crippen LogP contribution in [0.4, 0.5) is 0 Å². The number of hydrogen-bond acceptors (Lipinski definition) is 5. The van der Waals surface area contributed by atoms with Gasteiger partial charge in [-0.25, -0.2) is 4.98 Å². The smallest absolute Gasteiger partial charge is 0.267 e. The summed E-state index contributed by atoms with van der Waals surface area (Å²) in [5.41, 5.74) is 6.35. The number of aromatic nitrogens is 2. The summed E-state index contributed by atoms with van der Waals surface area (Å²) in [7, 11) is 0. The SMILES string of the molecule is NC(=O)c1cc(OC2CCNCC2)nc(-c2ccccc2)n1. The highest BCUT2D eigenvalue weighted by Crippen LogP contribution is 2.21. The highest BCUT2D eigenvalue weighted by atomic mass is 16.5. The molecule has 0 spiro atoms. The van der Waals surface area contributed by atoms with Crippen LogP contribution in [0.25, 0.3) is 11.4 Å². The number of nitrogens with zero attached hydrogens (tertiary/aromatic N) is 2. The molecule has 0 saturated carbocycles. The number of carbonyl (C=O) groups is 1. The van der Waals surface area contributed by atoms with Crippen molar-refractivity contribution < 1.29 is 9.53 Å². The molecule has 1 saturated heterocycles. The zero-order valence-corrected chi connectivity index (χ0v) is 12.2. The Morgan fingerprint density at radius 2 is 1.91 bits per heavy atom. The maximum absolute atomic E-state index is 11.5. The number of carbonyl (C=O) groups excluding carboxylic acids is 1. The number of rotatable bonds is 4. The Kier molecular flexibility index (Phi) is 4.29. The van der Waals surface area contributed by atoms with E-state index in [1.807, 2.05) is 30.3 Å². The number of primary amides is 1. The van der Waals surface area contributed by atoms with E-state index < -0.39 is 5.91 Å². The molecule has 3 rings (SSSR count). The van der Waals surface area contributed by atoms with Crippen LogP contribution in [0.15, 0.2) is 36.4 Å². The number of piperidine rings is 1. The van der Waals surface area contributed by atoms with Gasteiger partial charge in [-0.05, 0) is 25.9 Å². The highest BCUT2D eigenvalue weighted by Gasteiger charge is 2.17. The maximum atomic E-state index is 11.5. The third kappa shape index (κ3) is 3.40. The number of nitrogens with two attached hydrogens (primary N) is 1. The lowest BCUT2D eigenvalue weighted by Gasteiger charge is -2.23. The first-order valence-electron chi connectivity index (χ1n) is 7.34. The van der Waals surface area contributed by atoms with E-state index in [1.54, 1.807) is 0 Å². The van der Waals surface area contributed by atoms with Crippen molar-refractivity contribution >= 4 is 5.91 Å². The first-order chi connectivity index (χ1) is 10.7. The molecule has 114 valence electrons. The summed E-state index contributed by atoms with van der Waals surface area (Å²) in [5.74, 6) is 0.255. The second kappa shape index (κ2) is 6.53. The van der Waals surface area contributed by atoms with Crippen LogP contribution in [0.1, 0.15) is 23.3 Å². The second-order valence-corrected chi connectivity index (χ2v) is 5.21. The molecule has 0 bridgehead atoms. The molecule has 0 atom stereocenters. The fourth-order valence-corrected chi connectivity index (χ4v) is 2.41. The summed E-state index contributed by atoms with van der Waals surface area (Å²) >= 11 is 0. The van der Waals surface area contributed by atoms with Crippen LogP contribution in [-0.2, 0) is 0 Å². The van der Waals surface area contributed by atoms with E-state index in [4.69, 9.17) is 10.5 Å². The fourth-order valence-electron chi connectivity index (χ4n) is 2.41. The molecule has 3 N–H and O–H groups in total. The quantitative estimate of drug-likeness (QED) is 0.890. The van der Waals surface area contributed by atoms with Gasteiger partial charge in [-0.15, -0.1) is 0 Å². The van der Waals surface area contributed by atoms with Crippen molar-refractivity contribution in [1.29, 1.82) is 0 Å². The molecule has 1 amide bonds. The average molecular weight is 298 g/mol. The van der Waals surface area contributed by atoms with Crippen molar-refractivity contribution in [2.45, 2.75) is 18.9 Å². The van der Waals surface area contributed by atoms with Gasteiger partial charge in [0.25, 0.3) is 5.91 Å². The predicted molar refractivity (Wildman–Crippen MR) is 82.5 cm³/mol. The molecule has 0 aliphatic carbocycles. The molecule has 0 radical (unpaired) electrons. The summed E-state index contributed by atoms with van der Waals surface area (Å²) in [4.78, 5) is 20.1. The van der Waals surface area contributed by atoms with E-state index in [1.165, 1.54) is 6.07 Å². The summed E-state index contributed by atoms with van der Waals surface area (Å²) in [6, 6.07) is 11.0. The van der Waals surface area contributed by atoms with Gasteiger partial charge in [0, 0.05) is 11.6 Å². The van der Waals surface area contributed by atoms with E-state index >= 15 is 0 Å². The molecule has 2 aromatic rings. The largest absolute Gasteiger partial charge is 0.474 e. The minimum absolute atomic E-state index is 0.0977. The predicted octanol–water partition coefficient (Wildman–Crippen LogP) is 1.37. The molecule has 2 heterocycles. The topological polar surface area (TPSA) is 90.1 Å². The molecule has 6 heteroatoms. The van der Waals surface area contributed by atoms with Crippen molar-refractivity contribution in [3.8, 4) is 17.3 Å². The van der Waals surface area contributed by atoms with Gasteiger partial charge in [-0.1, -0.05) is 30.3 Å². The Hall–Kier alpha value is -2.47. The van der Waals surface area contributed by atoms with Crippen LogP contribution in [0.3, 0.4) is 0 Å². The fraction of sp³-hybridized carbons (Fsp3) is 0.312. The van der Waals surface area contributed by atoms with Gasteiger partial charge in [0.15, 0.2) is 5.82 Å². The third-order valence-electron chi connectivity index (χ3n) is 3.56. The van der Waals surface area contributed by atoms with Crippen LogP contribution in [0, 0.1) is 0 Å². The standard InChI is InChI=1S/C16H18N4O2/c17-15(21)13-10-14(22-12-6-8-18-9-7-12)20-16(19-13)11-4-2-1-3-5-11/h1-5,10,12,18H,6-9H2,(H2,17,21). The van der Waals surface area contributed by atoms with Crippen molar-refractivity contribution in [2.75, 3.05) is 13.1 Å². The Morgan fingerprint density at radius 3 is 2.59 bits per heavy atom.